The fraction of sp³-hybridized carbons (Fsp3) is 0.810. The molecule has 5 aliphatic rings. The van der Waals surface area contributed by atoms with Crippen molar-refractivity contribution in [3.8, 4) is 0 Å². The summed E-state index contributed by atoms with van der Waals surface area (Å²) in [6.07, 6.45) is -0.827. The minimum absolute atomic E-state index is 0.201. The molecule has 3 aliphatic carbocycles. The number of carbonyl (C=O) groups excluding carboxylic acids is 2. The van der Waals surface area contributed by atoms with Crippen molar-refractivity contribution in [2.45, 2.75) is 95.6 Å². The van der Waals surface area contributed by atoms with Crippen LogP contribution in [0.1, 0.15) is 60.3 Å². The average Bonchev–Trinajstić information content (AvgIpc) is 3.45. The van der Waals surface area contributed by atoms with Gasteiger partial charge in [-0.25, -0.2) is 0 Å². The molecule has 0 radical (unpaired) electrons. The van der Waals surface area contributed by atoms with Gasteiger partial charge in [-0.3, -0.25) is 9.59 Å². The maximum Gasteiger partial charge on any atom is 0.303 e. The number of allylic oxidation sites excluding steroid dienone is 1. The van der Waals surface area contributed by atoms with E-state index in [1.54, 1.807) is 6.92 Å². The highest BCUT2D eigenvalue weighted by Crippen LogP contribution is 2.78. The van der Waals surface area contributed by atoms with Crippen LogP contribution in [0.3, 0.4) is 0 Å². The monoisotopic (exact) mass is 392 g/mol. The Morgan fingerprint density at radius 2 is 1.96 bits per heavy atom. The van der Waals surface area contributed by atoms with Gasteiger partial charge in [0.2, 0.25) is 5.79 Å². The fourth-order valence-corrected chi connectivity index (χ4v) is 6.52. The third-order valence-electron chi connectivity index (χ3n) is 8.52. The summed E-state index contributed by atoms with van der Waals surface area (Å²) >= 11 is 0. The summed E-state index contributed by atoms with van der Waals surface area (Å²) in [5.74, 6) is -1.84. The van der Waals surface area contributed by atoms with Gasteiger partial charge in [0.25, 0.3) is 0 Å². The van der Waals surface area contributed by atoms with Crippen LogP contribution in [-0.4, -0.2) is 57.3 Å². The summed E-state index contributed by atoms with van der Waals surface area (Å²) in [7, 11) is 0. The Morgan fingerprint density at radius 1 is 1.29 bits per heavy atom. The van der Waals surface area contributed by atoms with Gasteiger partial charge in [-0.1, -0.05) is 19.4 Å². The van der Waals surface area contributed by atoms with E-state index in [4.69, 9.17) is 14.2 Å². The van der Waals surface area contributed by atoms with Crippen molar-refractivity contribution < 1.29 is 34.0 Å². The second kappa shape index (κ2) is 4.89. The number of Topliss-reactive ketones (excluding diaryl/α,β-unsaturated/α-hetero) is 1. The van der Waals surface area contributed by atoms with E-state index in [2.05, 4.69) is 0 Å². The van der Waals surface area contributed by atoms with Crippen LogP contribution in [0.4, 0.5) is 0 Å². The van der Waals surface area contributed by atoms with Crippen LogP contribution in [0.5, 0.6) is 0 Å². The van der Waals surface area contributed by atoms with E-state index in [9.17, 15) is 19.8 Å². The summed E-state index contributed by atoms with van der Waals surface area (Å²) < 4.78 is 17.5. The molecule has 7 heteroatoms. The van der Waals surface area contributed by atoms with Crippen LogP contribution in [0.25, 0.3) is 0 Å². The molecule has 7 atom stereocenters. The van der Waals surface area contributed by atoms with E-state index >= 15 is 0 Å². The predicted molar refractivity (Wildman–Crippen MR) is 96.0 cm³/mol. The van der Waals surface area contributed by atoms with Crippen molar-refractivity contribution in [3.05, 3.63) is 11.1 Å². The summed E-state index contributed by atoms with van der Waals surface area (Å²) in [5, 5.41) is 22.9. The smallest absolute Gasteiger partial charge is 0.303 e. The number of fused-ring (bicyclic) bond motifs is 2. The molecule has 2 N–H and O–H groups in total. The van der Waals surface area contributed by atoms with Crippen LogP contribution < -0.4 is 0 Å². The largest absolute Gasteiger partial charge is 0.450 e. The van der Waals surface area contributed by atoms with Crippen LogP contribution in [-0.2, 0) is 23.8 Å². The van der Waals surface area contributed by atoms with Crippen molar-refractivity contribution in [1.82, 2.24) is 0 Å². The van der Waals surface area contributed by atoms with Gasteiger partial charge in [0.05, 0.1) is 17.1 Å². The van der Waals surface area contributed by atoms with Gasteiger partial charge in [0.1, 0.15) is 11.7 Å². The van der Waals surface area contributed by atoms with E-state index in [0.29, 0.717) is 18.4 Å². The first-order valence-corrected chi connectivity index (χ1v) is 10.1. The highest BCUT2D eigenvalue weighted by atomic mass is 16.9. The molecule has 0 amide bonds. The SMILES string of the molecule is CC(=O)O[C@H]1C(=O)C2(C)[C@@H](O)C[C@H]3OC34O[C@@]42C[C@]2(O)CCC(C)=C1C2(C)C. The average molecular weight is 392 g/mol. The topological polar surface area (TPSA) is 109 Å². The molecule has 4 fully saturated rings. The number of epoxide rings is 2. The number of ether oxygens (including phenoxy) is 3. The minimum atomic E-state index is -1.34. The Bertz CT molecular complexity index is 846. The van der Waals surface area contributed by atoms with E-state index < -0.39 is 46.0 Å². The maximum absolute atomic E-state index is 13.9. The van der Waals surface area contributed by atoms with Gasteiger partial charge in [-0.15, -0.1) is 0 Å². The number of hydrogen-bond donors (Lipinski definition) is 2. The van der Waals surface area contributed by atoms with Crippen LogP contribution in [0, 0.1) is 10.8 Å². The van der Waals surface area contributed by atoms with Crippen LogP contribution in [0.15, 0.2) is 11.1 Å². The molecular formula is C21H28O7. The first kappa shape index (κ1) is 18.7. The zero-order valence-corrected chi connectivity index (χ0v) is 17.0. The molecule has 2 aliphatic heterocycles. The highest BCUT2D eigenvalue weighted by Gasteiger charge is 2.96. The molecule has 0 aromatic rings. The highest BCUT2D eigenvalue weighted by molar-refractivity contribution is 5.96. The lowest BCUT2D eigenvalue weighted by Crippen LogP contribution is -2.67. The maximum atomic E-state index is 13.9. The fourth-order valence-electron chi connectivity index (χ4n) is 6.52. The Labute approximate surface area is 164 Å². The molecule has 28 heavy (non-hydrogen) atoms. The molecule has 5 rings (SSSR count). The second-order valence-electron chi connectivity index (χ2n) is 10.0. The number of esters is 1. The zero-order valence-electron chi connectivity index (χ0n) is 17.0. The van der Waals surface area contributed by atoms with Gasteiger partial charge in [0, 0.05) is 25.2 Å². The lowest BCUT2D eigenvalue weighted by Gasteiger charge is -2.56. The number of ketones is 1. The molecule has 2 saturated carbocycles. The quantitative estimate of drug-likeness (QED) is 0.394. The molecule has 2 heterocycles. The van der Waals surface area contributed by atoms with Crippen molar-refractivity contribution in [2.75, 3.05) is 0 Å². The summed E-state index contributed by atoms with van der Waals surface area (Å²) in [5.41, 5.74) is -2.83. The third-order valence-corrected chi connectivity index (χ3v) is 8.52. The van der Waals surface area contributed by atoms with Crippen molar-refractivity contribution in [3.63, 3.8) is 0 Å². The summed E-state index contributed by atoms with van der Waals surface area (Å²) in [4.78, 5) is 25.9. The number of rotatable bonds is 1. The van der Waals surface area contributed by atoms with Gasteiger partial charge in [-0.2, -0.15) is 0 Å². The number of aliphatic hydroxyl groups excluding tert-OH is 1. The van der Waals surface area contributed by atoms with E-state index in [1.165, 1.54) is 6.92 Å². The zero-order chi connectivity index (χ0) is 20.5. The van der Waals surface area contributed by atoms with Crippen LogP contribution in [0.2, 0.25) is 0 Å². The molecule has 0 aromatic carbocycles. The van der Waals surface area contributed by atoms with Crippen molar-refractivity contribution in [2.24, 2.45) is 10.8 Å². The molecule has 154 valence electrons. The molecule has 2 spiro atoms. The Morgan fingerprint density at radius 3 is 2.61 bits per heavy atom. The van der Waals surface area contributed by atoms with E-state index in [0.717, 1.165) is 5.57 Å². The summed E-state index contributed by atoms with van der Waals surface area (Å²) in [6.45, 7) is 8.67. The van der Waals surface area contributed by atoms with Gasteiger partial charge in [-0.05, 0) is 32.3 Å². The summed E-state index contributed by atoms with van der Waals surface area (Å²) in [6, 6.07) is 0. The lowest BCUT2D eigenvalue weighted by molar-refractivity contribution is -0.177. The van der Waals surface area contributed by atoms with Crippen molar-refractivity contribution in [1.29, 1.82) is 0 Å². The first-order chi connectivity index (χ1) is 12.9. The van der Waals surface area contributed by atoms with E-state index in [-0.39, 0.29) is 24.7 Å². The van der Waals surface area contributed by atoms with Gasteiger partial charge in [0.15, 0.2) is 11.9 Å². The Balaban J connectivity index is 1.76. The molecule has 0 aromatic heterocycles. The predicted octanol–water partition coefficient (Wildman–Crippen LogP) is 1.39. The molecular weight excluding hydrogens is 364 g/mol. The molecule has 2 saturated heterocycles. The normalized spacial score (nSPS) is 53.2. The molecule has 7 nitrogen and oxygen atoms in total. The number of carbonyl (C=O) groups is 2. The Hall–Kier alpha value is -1.28. The van der Waals surface area contributed by atoms with Crippen molar-refractivity contribution >= 4 is 11.8 Å². The van der Waals surface area contributed by atoms with Gasteiger partial charge >= 0.3 is 5.97 Å². The third kappa shape index (κ3) is 1.77. The lowest BCUT2D eigenvalue weighted by atomic mass is 9.49. The second-order valence-corrected chi connectivity index (χ2v) is 10.0. The number of aliphatic hydroxyl groups is 2. The standard InChI is InChI=1S/C21H28O7/c1-10-6-7-19(25)9-20-18(5,12(23)8-13-21(20,27-13)28-20)16(24)15(26-11(2)22)14(10)17(19,3)4/h12-13,15,23,25H,6-9H2,1-5H3/t12-,13+,15+,18?,19+,20+,21?/m0/s1. The number of hydrogen-bond acceptors (Lipinski definition) is 7. The van der Waals surface area contributed by atoms with E-state index in [1.807, 2.05) is 20.8 Å². The minimum Gasteiger partial charge on any atom is -0.450 e. The molecule has 2 unspecified atom stereocenters. The van der Waals surface area contributed by atoms with Gasteiger partial charge < -0.3 is 24.4 Å². The molecule has 2 bridgehead atoms. The Kier molecular flexibility index (Phi) is 3.27. The van der Waals surface area contributed by atoms with Crippen LogP contribution >= 0.6 is 0 Å². The first-order valence-electron chi connectivity index (χ1n) is 10.1.